The zero-order valence-corrected chi connectivity index (χ0v) is 9.07. The molecule has 0 N–H and O–H groups in total. The monoisotopic (exact) mass is 204 g/mol. The molecule has 1 radical (unpaired) electrons. The van der Waals surface area contributed by atoms with Crippen molar-refractivity contribution >= 4 is 14.9 Å². The van der Waals surface area contributed by atoms with Crippen LogP contribution in [0.2, 0.25) is 6.04 Å². The van der Waals surface area contributed by atoms with Crippen molar-refractivity contribution in [3.8, 4) is 0 Å². The molecule has 5 nitrogen and oxygen atoms in total. The van der Waals surface area contributed by atoms with Gasteiger partial charge in [-0.3, -0.25) is 0 Å². The Balaban J connectivity index is 3.87. The average Bonchev–Trinajstić information content (AvgIpc) is 2.20. The molecule has 0 aliphatic heterocycles. The largest absolute Gasteiger partial charge is 0.500 e. The summed E-state index contributed by atoms with van der Waals surface area (Å²) in [5.41, 5.74) is 0. The van der Waals surface area contributed by atoms with Gasteiger partial charge in [0, 0.05) is 27.4 Å². The van der Waals surface area contributed by atoms with Crippen LogP contribution in [-0.2, 0) is 18.1 Å². The van der Waals surface area contributed by atoms with Crippen LogP contribution in [0.4, 0.5) is 0 Å². The van der Waals surface area contributed by atoms with Crippen LogP contribution in [0.5, 0.6) is 0 Å². The molecule has 75 valence electrons. The highest BCUT2D eigenvalue weighted by molar-refractivity contribution is 6.60. The van der Waals surface area contributed by atoms with Crippen molar-refractivity contribution in [3.63, 3.8) is 0 Å². The van der Waals surface area contributed by atoms with E-state index in [1.165, 1.54) is 27.4 Å². The first-order chi connectivity index (χ1) is 6.24. The minimum absolute atomic E-state index is 0.314. The van der Waals surface area contributed by atoms with Gasteiger partial charge in [-0.05, 0) is 6.42 Å². The molecule has 13 heavy (non-hydrogen) atoms. The fourth-order valence-corrected chi connectivity index (χ4v) is 2.33. The van der Waals surface area contributed by atoms with Gasteiger partial charge >= 0.3 is 8.80 Å². The Morgan fingerprint density at radius 3 is 2.23 bits per heavy atom. The minimum atomic E-state index is -2.51. The second-order valence-corrected chi connectivity index (χ2v) is 5.22. The quantitative estimate of drug-likeness (QED) is 0.261. The Morgan fingerprint density at radius 1 is 1.31 bits per heavy atom. The molecule has 0 unspecified atom stereocenters. The second kappa shape index (κ2) is 6.94. The van der Waals surface area contributed by atoms with Gasteiger partial charge in [0.2, 0.25) is 6.08 Å². The van der Waals surface area contributed by atoms with E-state index in [-0.39, 0.29) is 0 Å². The number of nitrogens with zero attached hydrogens (tertiary/aromatic N) is 1. The van der Waals surface area contributed by atoms with Gasteiger partial charge in [-0.1, -0.05) is 0 Å². The Labute approximate surface area is 79.1 Å². The molecular formula is C7H14NO4Si. The summed E-state index contributed by atoms with van der Waals surface area (Å²) in [7, 11) is 2.10. The predicted octanol–water partition coefficient (Wildman–Crippen LogP) is 0.405. The first-order valence-electron chi connectivity index (χ1n) is 3.75. The highest BCUT2D eigenvalue weighted by atomic mass is 28.4. The molecule has 0 amide bonds. The molecule has 0 atom stereocenters. The normalized spacial score (nSPS) is 11.0. The lowest BCUT2D eigenvalue weighted by molar-refractivity contribution is 0.126. The van der Waals surface area contributed by atoms with Gasteiger partial charge in [0.1, 0.15) is 0 Å². The van der Waals surface area contributed by atoms with Gasteiger partial charge < -0.3 is 13.3 Å². The van der Waals surface area contributed by atoms with Crippen LogP contribution < -0.4 is 0 Å². The SMILES string of the molecule is CO[Si](C[CH]CN=C=O)(OC)OC. The van der Waals surface area contributed by atoms with Gasteiger partial charge in [0.05, 0.1) is 6.54 Å². The lowest BCUT2D eigenvalue weighted by Crippen LogP contribution is -2.42. The molecular weight excluding hydrogens is 190 g/mol. The van der Waals surface area contributed by atoms with Crippen molar-refractivity contribution in [1.82, 2.24) is 0 Å². The number of hydrogen-bond acceptors (Lipinski definition) is 5. The third kappa shape index (κ3) is 4.30. The van der Waals surface area contributed by atoms with Crippen LogP contribution in [-0.4, -0.2) is 42.8 Å². The average molecular weight is 204 g/mol. The van der Waals surface area contributed by atoms with Gasteiger partial charge in [-0.15, -0.1) is 0 Å². The number of aliphatic imine (C=N–C) groups is 1. The number of carbonyl (C=O) groups excluding carboxylic acids is 1. The highest BCUT2D eigenvalue weighted by Crippen LogP contribution is 2.13. The molecule has 0 aliphatic rings. The van der Waals surface area contributed by atoms with Crippen LogP contribution in [0.3, 0.4) is 0 Å². The minimum Gasteiger partial charge on any atom is -0.377 e. The van der Waals surface area contributed by atoms with Crippen LogP contribution in [0.1, 0.15) is 0 Å². The van der Waals surface area contributed by atoms with Crippen molar-refractivity contribution < 1.29 is 18.1 Å². The Bertz CT molecular complexity index is 169. The molecule has 0 aromatic rings. The molecule has 0 aromatic carbocycles. The van der Waals surface area contributed by atoms with Crippen molar-refractivity contribution in [2.75, 3.05) is 27.9 Å². The van der Waals surface area contributed by atoms with Crippen LogP contribution in [0, 0.1) is 6.42 Å². The molecule has 0 aliphatic carbocycles. The summed E-state index contributed by atoms with van der Waals surface area (Å²) in [6.45, 7) is 0.314. The molecule has 6 heteroatoms. The fourth-order valence-electron chi connectivity index (χ4n) is 0.843. The van der Waals surface area contributed by atoms with Gasteiger partial charge in [0.15, 0.2) is 0 Å². The van der Waals surface area contributed by atoms with Crippen LogP contribution in [0.25, 0.3) is 0 Å². The summed E-state index contributed by atoms with van der Waals surface area (Å²) in [4.78, 5) is 13.1. The topological polar surface area (TPSA) is 57.1 Å². The van der Waals surface area contributed by atoms with Crippen molar-refractivity contribution in [2.45, 2.75) is 6.04 Å². The lowest BCUT2D eigenvalue weighted by Gasteiger charge is -2.23. The third-order valence-electron chi connectivity index (χ3n) is 1.61. The summed E-state index contributed by atoms with van der Waals surface area (Å²) in [6.07, 6.45) is 3.22. The predicted molar refractivity (Wildman–Crippen MR) is 48.9 cm³/mol. The van der Waals surface area contributed by atoms with E-state index in [9.17, 15) is 4.79 Å². The highest BCUT2D eigenvalue weighted by Gasteiger charge is 2.36. The summed E-state index contributed by atoms with van der Waals surface area (Å²) < 4.78 is 15.4. The number of isocyanates is 1. The maximum absolute atomic E-state index is 9.74. The Hall–Kier alpha value is -0.523. The van der Waals surface area contributed by atoms with Crippen molar-refractivity contribution in [2.24, 2.45) is 4.99 Å². The van der Waals surface area contributed by atoms with Crippen molar-refractivity contribution in [1.29, 1.82) is 0 Å². The van der Waals surface area contributed by atoms with E-state index >= 15 is 0 Å². The van der Waals surface area contributed by atoms with E-state index in [4.69, 9.17) is 13.3 Å². The summed E-state index contributed by atoms with van der Waals surface area (Å²) in [5, 5.41) is 0. The maximum Gasteiger partial charge on any atom is 0.500 e. The second-order valence-electron chi connectivity index (χ2n) is 2.22. The summed E-state index contributed by atoms with van der Waals surface area (Å²) >= 11 is 0. The van der Waals surface area contributed by atoms with E-state index in [0.717, 1.165) is 0 Å². The zero-order chi connectivity index (χ0) is 10.2. The smallest absolute Gasteiger partial charge is 0.377 e. The summed E-state index contributed by atoms with van der Waals surface area (Å²) in [6, 6.07) is 0.529. The molecule has 0 saturated heterocycles. The Kier molecular flexibility index (Phi) is 6.66. The summed E-state index contributed by atoms with van der Waals surface area (Å²) in [5.74, 6) is 0. The lowest BCUT2D eigenvalue weighted by atomic mass is 10.5. The molecule has 0 saturated carbocycles. The van der Waals surface area contributed by atoms with E-state index in [1.54, 1.807) is 6.42 Å². The molecule has 0 aromatic heterocycles. The van der Waals surface area contributed by atoms with E-state index < -0.39 is 8.80 Å². The first-order valence-corrected chi connectivity index (χ1v) is 5.68. The molecule has 0 spiro atoms. The first kappa shape index (κ1) is 12.5. The van der Waals surface area contributed by atoms with E-state index in [0.29, 0.717) is 12.6 Å². The molecule has 0 heterocycles. The van der Waals surface area contributed by atoms with Crippen LogP contribution >= 0.6 is 0 Å². The van der Waals surface area contributed by atoms with Gasteiger partial charge in [-0.25, -0.2) is 9.79 Å². The maximum atomic E-state index is 9.74. The fraction of sp³-hybridized carbons (Fsp3) is 0.714. The molecule has 0 rings (SSSR count). The zero-order valence-electron chi connectivity index (χ0n) is 8.07. The Morgan fingerprint density at radius 2 is 1.85 bits per heavy atom. The van der Waals surface area contributed by atoms with Gasteiger partial charge in [0.25, 0.3) is 0 Å². The van der Waals surface area contributed by atoms with Crippen LogP contribution in [0.15, 0.2) is 4.99 Å². The number of rotatable bonds is 7. The van der Waals surface area contributed by atoms with Gasteiger partial charge in [-0.2, -0.15) is 0 Å². The van der Waals surface area contributed by atoms with E-state index in [1.807, 2.05) is 0 Å². The number of hydrogen-bond donors (Lipinski definition) is 0. The molecule has 0 bridgehead atoms. The van der Waals surface area contributed by atoms with Crippen molar-refractivity contribution in [3.05, 3.63) is 6.42 Å². The van der Waals surface area contributed by atoms with E-state index in [2.05, 4.69) is 4.99 Å². The third-order valence-corrected chi connectivity index (χ3v) is 4.27. The molecule has 0 fully saturated rings. The standard InChI is InChI=1S/C7H14NO4Si/c1-10-13(11-2,12-3)6-4-5-8-7-9/h4H,5-6H2,1-3H3.